The number of carboxylic acid groups (broad SMARTS) is 2. The fourth-order valence-corrected chi connectivity index (χ4v) is 1.62. The third-order valence-corrected chi connectivity index (χ3v) is 2.66. The van der Waals surface area contributed by atoms with Crippen LogP contribution in [-0.2, 0) is 0 Å². The number of carboxylic acids is 2. The van der Waals surface area contributed by atoms with E-state index in [1.165, 1.54) is 24.3 Å². The van der Waals surface area contributed by atoms with Crippen LogP contribution in [0.2, 0.25) is 0 Å². The zero-order chi connectivity index (χ0) is 14.7. The Bertz CT molecular complexity index is 664. The normalized spacial score (nSPS) is 10.0. The van der Waals surface area contributed by atoms with Gasteiger partial charge in [0.2, 0.25) is 0 Å². The number of benzene rings is 2. The summed E-state index contributed by atoms with van der Waals surface area (Å²) in [6.07, 6.45) is 0. The summed E-state index contributed by atoms with van der Waals surface area (Å²) in [6.45, 7) is 0. The Kier molecular flexibility index (Phi) is 3.56. The van der Waals surface area contributed by atoms with Gasteiger partial charge < -0.3 is 20.6 Å². The monoisotopic (exact) mass is 273 g/mol. The van der Waals surface area contributed by atoms with E-state index in [9.17, 15) is 14.7 Å². The topological polar surface area (TPSA) is 107 Å². The van der Waals surface area contributed by atoms with Crippen LogP contribution < -0.4 is 5.32 Å². The number of anilines is 2. The van der Waals surface area contributed by atoms with Gasteiger partial charge in [-0.05, 0) is 42.5 Å². The molecule has 0 saturated carbocycles. The molecule has 0 amide bonds. The Morgan fingerprint density at radius 3 is 1.90 bits per heavy atom. The summed E-state index contributed by atoms with van der Waals surface area (Å²) >= 11 is 0. The van der Waals surface area contributed by atoms with Crippen molar-refractivity contribution in [2.24, 2.45) is 0 Å². The molecule has 4 N–H and O–H groups in total. The lowest BCUT2D eigenvalue weighted by atomic mass is 10.1. The van der Waals surface area contributed by atoms with Crippen LogP contribution in [-0.4, -0.2) is 27.3 Å². The van der Waals surface area contributed by atoms with E-state index in [2.05, 4.69) is 5.32 Å². The average Bonchev–Trinajstić information content (AvgIpc) is 2.41. The van der Waals surface area contributed by atoms with Crippen LogP contribution in [0.5, 0.6) is 5.75 Å². The van der Waals surface area contributed by atoms with Crippen molar-refractivity contribution < 1.29 is 24.9 Å². The van der Waals surface area contributed by atoms with Crippen LogP contribution in [0.3, 0.4) is 0 Å². The molecule has 0 heterocycles. The van der Waals surface area contributed by atoms with Crippen molar-refractivity contribution in [3.8, 4) is 5.75 Å². The Balaban J connectivity index is 2.21. The van der Waals surface area contributed by atoms with Gasteiger partial charge in [-0.25, -0.2) is 9.59 Å². The molecular weight excluding hydrogens is 262 g/mol. The van der Waals surface area contributed by atoms with E-state index in [4.69, 9.17) is 10.2 Å². The van der Waals surface area contributed by atoms with Crippen LogP contribution in [0.1, 0.15) is 20.7 Å². The second kappa shape index (κ2) is 5.31. The molecule has 0 aliphatic carbocycles. The average molecular weight is 273 g/mol. The first kappa shape index (κ1) is 13.4. The number of carbonyl (C=O) groups is 2. The van der Waals surface area contributed by atoms with E-state index in [1.54, 1.807) is 12.1 Å². The number of hydrogen-bond acceptors (Lipinski definition) is 4. The highest BCUT2D eigenvalue weighted by atomic mass is 16.4. The first-order chi connectivity index (χ1) is 9.47. The van der Waals surface area contributed by atoms with Crippen molar-refractivity contribution in [2.45, 2.75) is 0 Å². The van der Waals surface area contributed by atoms with Crippen molar-refractivity contribution in [1.29, 1.82) is 0 Å². The van der Waals surface area contributed by atoms with E-state index in [0.717, 1.165) is 6.07 Å². The van der Waals surface area contributed by atoms with Crippen molar-refractivity contribution in [3.05, 3.63) is 53.6 Å². The minimum absolute atomic E-state index is 0.0192. The minimum Gasteiger partial charge on any atom is -0.506 e. The largest absolute Gasteiger partial charge is 0.506 e. The molecule has 0 bridgehead atoms. The van der Waals surface area contributed by atoms with E-state index in [1.807, 2.05) is 0 Å². The molecule has 0 saturated heterocycles. The van der Waals surface area contributed by atoms with Gasteiger partial charge in [0, 0.05) is 5.69 Å². The van der Waals surface area contributed by atoms with Gasteiger partial charge in [-0.1, -0.05) is 0 Å². The number of hydrogen-bond donors (Lipinski definition) is 4. The molecule has 6 heteroatoms. The summed E-state index contributed by atoms with van der Waals surface area (Å²) in [5.74, 6) is -2.35. The zero-order valence-corrected chi connectivity index (χ0v) is 10.2. The number of aromatic carboxylic acids is 2. The zero-order valence-electron chi connectivity index (χ0n) is 10.2. The molecule has 2 rings (SSSR count). The minimum atomic E-state index is -1.13. The molecule has 20 heavy (non-hydrogen) atoms. The third kappa shape index (κ3) is 2.86. The molecule has 0 aliphatic rings. The smallest absolute Gasteiger partial charge is 0.335 e. The second-order valence-corrected chi connectivity index (χ2v) is 4.04. The molecule has 0 atom stereocenters. The predicted octanol–water partition coefficient (Wildman–Crippen LogP) is 2.53. The highest BCUT2D eigenvalue weighted by molar-refractivity contribution is 5.90. The second-order valence-electron chi connectivity index (χ2n) is 4.04. The van der Waals surface area contributed by atoms with Crippen LogP contribution in [0.25, 0.3) is 0 Å². The molecule has 0 spiro atoms. The van der Waals surface area contributed by atoms with Crippen LogP contribution in [0.15, 0.2) is 42.5 Å². The van der Waals surface area contributed by atoms with Gasteiger partial charge in [-0.2, -0.15) is 0 Å². The maximum Gasteiger partial charge on any atom is 0.335 e. The molecule has 0 aromatic heterocycles. The first-order valence-electron chi connectivity index (χ1n) is 5.64. The quantitative estimate of drug-likeness (QED) is 0.638. The molecular formula is C14H11NO5. The predicted molar refractivity (Wildman–Crippen MR) is 71.8 cm³/mol. The van der Waals surface area contributed by atoms with E-state index in [0.29, 0.717) is 11.4 Å². The number of phenolic OH excluding ortho intramolecular Hbond substituents is 1. The number of rotatable bonds is 4. The maximum atomic E-state index is 10.7. The van der Waals surface area contributed by atoms with Gasteiger partial charge in [-0.15, -0.1) is 0 Å². The molecule has 0 radical (unpaired) electrons. The first-order valence-corrected chi connectivity index (χ1v) is 5.64. The van der Waals surface area contributed by atoms with E-state index < -0.39 is 11.9 Å². The summed E-state index contributed by atoms with van der Waals surface area (Å²) < 4.78 is 0. The van der Waals surface area contributed by atoms with Crippen molar-refractivity contribution >= 4 is 23.3 Å². The van der Waals surface area contributed by atoms with Crippen LogP contribution in [0.4, 0.5) is 11.4 Å². The SMILES string of the molecule is O=C(O)c1ccc(Nc2ccc(C(=O)O)cc2O)cc1. The highest BCUT2D eigenvalue weighted by Gasteiger charge is 2.08. The Labute approximate surface area is 113 Å². The maximum absolute atomic E-state index is 10.7. The Morgan fingerprint density at radius 1 is 0.850 bits per heavy atom. The highest BCUT2D eigenvalue weighted by Crippen LogP contribution is 2.27. The summed E-state index contributed by atoms with van der Waals surface area (Å²) in [7, 11) is 0. The van der Waals surface area contributed by atoms with Gasteiger partial charge in [0.05, 0.1) is 16.8 Å². The molecule has 6 nitrogen and oxygen atoms in total. The Morgan fingerprint density at radius 2 is 1.40 bits per heavy atom. The summed E-state index contributed by atoms with van der Waals surface area (Å²) in [4.78, 5) is 21.4. The van der Waals surface area contributed by atoms with Gasteiger partial charge in [-0.3, -0.25) is 0 Å². The lowest BCUT2D eigenvalue weighted by molar-refractivity contribution is 0.0686. The fraction of sp³-hybridized carbons (Fsp3) is 0. The summed E-state index contributed by atoms with van der Waals surface area (Å²) in [5.41, 5.74) is 1.04. The van der Waals surface area contributed by atoms with Gasteiger partial charge in [0.15, 0.2) is 0 Å². The molecule has 0 fully saturated rings. The van der Waals surface area contributed by atoms with E-state index >= 15 is 0 Å². The molecule has 2 aromatic carbocycles. The summed E-state index contributed by atoms with van der Waals surface area (Å²) in [6, 6.07) is 9.87. The third-order valence-electron chi connectivity index (χ3n) is 2.66. The summed E-state index contributed by atoms with van der Waals surface area (Å²) in [5, 5.41) is 30.2. The van der Waals surface area contributed by atoms with Crippen molar-refractivity contribution in [3.63, 3.8) is 0 Å². The van der Waals surface area contributed by atoms with Gasteiger partial charge >= 0.3 is 11.9 Å². The molecule has 102 valence electrons. The number of nitrogens with one attached hydrogen (secondary N) is 1. The number of phenols is 1. The lowest BCUT2D eigenvalue weighted by Gasteiger charge is -2.09. The van der Waals surface area contributed by atoms with Gasteiger partial charge in [0.25, 0.3) is 0 Å². The van der Waals surface area contributed by atoms with Crippen LogP contribution in [0, 0.1) is 0 Å². The van der Waals surface area contributed by atoms with Crippen molar-refractivity contribution in [2.75, 3.05) is 5.32 Å². The molecule has 2 aromatic rings. The molecule has 0 unspecified atom stereocenters. The van der Waals surface area contributed by atoms with Crippen LogP contribution >= 0.6 is 0 Å². The van der Waals surface area contributed by atoms with E-state index in [-0.39, 0.29) is 16.9 Å². The van der Waals surface area contributed by atoms with Gasteiger partial charge in [0.1, 0.15) is 5.75 Å². The number of aromatic hydroxyl groups is 1. The molecule has 0 aliphatic heterocycles. The standard InChI is InChI=1S/C14H11NO5/c16-12-7-9(14(19)20)3-6-11(12)15-10-4-1-8(2-5-10)13(17)18/h1-7,15-16H,(H,17,18)(H,19,20). The van der Waals surface area contributed by atoms with Crippen molar-refractivity contribution in [1.82, 2.24) is 0 Å². The lowest BCUT2D eigenvalue weighted by Crippen LogP contribution is -1.98. The Hall–Kier alpha value is -3.02. The fourth-order valence-electron chi connectivity index (χ4n) is 1.62.